The van der Waals surface area contributed by atoms with Gasteiger partial charge in [-0.2, -0.15) is 0 Å². The largest absolute Gasteiger partial charge is 0.466 e. The second-order valence-corrected chi connectivity index (χ2v) is 6.32. The van der Waals surface area contributed by atoms with Crippen LogP contribution in [0, 0.1) is 11.7 Å². The molecule has 0 radical (unpaired) electrons. The molecule has 0 unspecified atom stereocenters. The SMILES string of the molecule is CCOC(=O)[C@H]1CCCN([C@@H]2CC(=O)N(c3ccccc3F)C2=O)C1. The average molecular weight is 348 g/mol. The lowest BCUT2D eigenvalue weighted by Gasteiger charge is -2.34. The van der Waals surface area contributed by atoms with Crippen molar-refractivity contribution in [1.82, 2.24) is 4.90 Å². The summed E-state index contributed by atoms with van der Waals surface area (Å²) in [6, 6.07) is 5.09. The van der Waals surface area contributed by atoms with Gasteiger partial charge in [-0.05, 0) is 38.4 Å². The van der Waals surface area contributed by atoms with Gasteiger partial charge in [0.25, 0.3) is 5.91 Å². The van der Waals surface area contributed by atoms with E-state index in [1.165, 1.54) is 18.2 Å². The van der Waals surface area contributed by atoms with Gasteiger partial charge in [-0.25, -0.2) is 9.29 Å². The number of esters is 1. The molecule has 0 aromatic heterocycles. The molecule has 0 saturated carbocycles. The van der Waals surface area contributed by atoms with E-state index in [9.17, 15) is 18.8 Å². The van der Waals surface area contributed by atoms with Crippen molar-refractivity contribution in [3.05, 3.63) is 30.1 Å². The molecular formula is C18H21FN2O4. The van der Waals surface area contributed by atoms with Crippen LogP contribution in [0.25, 0.3) is 0 Å². The topological polar surface area (TPSA) is 66.9 Å². The Labute approximate surface area is 145 Å². The van der Waals surface area contributed by atoms with Crippen molar-refractivity contribution in [3.8, 4) is 0 Å². The summed E-state index contributed by atoms with van der Waals surface area (Å²) in [5, 5.41) is 0. The first kappa shape index (κ1) is 17.5. The maximum Gasteiger partial charge on any atom is 0.310 e. The van der Waals surface area contributed by atoms with E-state index in [1.54, 1.807) is 13.0 Å². The Hall–Kier alpha value is -2.28. The number of likely N-dealkylation sites (tertiary alicyclic amines) is 1. The molecule has 0 bridgehead atoms. The zero-order valence-corrected chi connectivity index (χ0v) is 14.1. The molecule has 134 valence electrons. The number of piperidine rings is 1. The van der Waals surface area contributed by atoms with Crippen molar-refractivity contribution in [1.29, 1.82) is 0 Å². The van der Waals surface area contributed by atoms with Crippen molar-refractivity contribution in [2.75, 3.05) is 24.6 Å². The zero-order valence-electron chi connectivity index (χ0n) is 14.1. The number of carbonyl (C=O) groups is 3. The van der Waals surface area contributed by atoms with Crippen LogP contribution in [-0.4, -0.2) is 48.4 Å². The monoisotopic (exact) mass is 348 g/mol. The van der Waals surface area contributed by atoms with Crippen molar-refractivity contribution >= 4 is 23.5 Å². The number of para-hydroxylation sites is 1. The van der Waals surface area contributed by atoms with E-state index in [0.717, 1.165) is 11.3 Å². The molecule has 2 amide bonds. The van der Waals surface area contributed by atoms with Gasteiger partial charge < -0.3 is 4.74 Å². The Morgan fingerprint density at radius 1 is 1.32 bits per heavy atom. The molecule has 2 atom stereocenters. The highest BCUT2D eigenvalue weighted by molar-refractivity contribution is 6.22. The molecule has 1 aromatic carbocycles. The molecule has 0 aliphatic carbocycles. The minimum atomic E-state index is -0.649. The summed E-state index contributed by atoms with van der Waals surface area (Å²) in [5.74, 6) is -2.01. The van der Waals surface area contributed by atoms with Crippen molar-refractivity contribution < 1.29 is 23.5 Å². The van der Waals surface area contributed by atoms with E-state index < -0.39 is 23.7 Å². The highest BCUT2D eigenvalue weighted by Crippen LogP contribution is 2.30. The molecule has 0 N–H and O–H groups in total. The molecule has 1 aromatic rings. The molecule has 2 saturated heterocycles. The van der Waals surface area contributed by atoms with Gasteiger partial charge in [-0.15, -0.1) is 0 Å². The molecule has 2 aliphatic heterocycles. The number of ether oxygens (including phenoxy) is 1. The summed E-state index contributed by atoms with van der Waals surface area (Å²) in [5.41, 5.74) is -0.0149. The Balaban J connectivity index is 1.76. The smallest absolute Gasteiger partial charge is 0.310 e. The molecule has 2 aliphatic rings. The van der Waals surface area contributed by atoms with E-state index in [-0.39, 0.29) is 24.0 Å². The fraction of sp³-hybridized carbons (Fsp3) is 0.500. The summed E-state index contributed by atoms with van der Waals surface area (Å²) < 4.78 is 19.1. The highest BCUT2D eigenvalue weighted by Gasteiger charge is 2.45. The molecule has 25 heavy (non-hydrogen) atoms. The second kappa shape index (κ2) is 7.31. The van der Waals surface area contributed by atoms with Crippen LogP contribution in [-0.2, 0) is 19.1 Å². The zero-order chi connectivity index (χ0) is 18.0. The van der Waals surface area contributed by atoms with Crippen LogP contribution in [0.2, 0.25) is 0 Å². The summed E-state index contributed by atoms with van der Waals surface area (Å²) in [7, 11) is 0. The lowest BCUT2D eigenvalue weighted by atomic mass is 9.96. The van der Waals surface area contributed by atoms with E-state index in [4.69, 9.17) is 4.74 Å². The predicted molar refractivity (Wildman–Crippen MR) is 88.2 cm³/mol. The van der Waals surface area contributed by atoms with Gasteiger partial charge in [0.2, 0.25) is 5.91 Å². The lowest BCUT2D eigenvalue weighted by Crippen LogP contribution is -2.48. The molecule has 3 rings (SSSR count). The van der Waals surface area contributed by atoms with Gasteiger partial charge in [-0.3, -0.25) is 19.3 Å². The number of halogens is 1. The molecular weight excluding hydrogens is 327 g/mol. The maximum atomic E-state index is 14.0. The first-order valence-electron chi connectivity index (χ1n) is 8.55. The third kappa shape index (κ3) is 3.42. The number of hydrogen-bond acceptors (Lipinski definition) is 5. The van der Waals surface area contributed by atoms with Crippen LogP contribution in [0.15, 0.2) is 24.3 Å². The number of carbonyl (C=O) groups excluding carboxylic acids is 3. The van der Waals surface area contributed by atoms with Gasteiger partial charge in [0.15, 0.2) is 0 Å². The molecule has 2 heterocycles. The van der Waals surface area contributed by atoms with Crippen molar-refractivity contribution in [2.24, 2.45) is 5.92 Å². The van der Waals surface area contributed by atoms with Crippen LogP contribution in [0.1, 0.15) is 26.2 Å². The fourth-order valence-corrected chi connectivity index (χ4v) is 3.53. The normalized spacial score (nSPS) is 24.6. The van der Waals surface area contributed by atoms with Gasteiger partial charge in [-0.1, -0.05) is 12.1 Å². The minimum absolute atomic E-state index is 0.00269. The third-order valence-corrected chi connectivity index (χ3v) is 4.73. The third-order valence-electron chi connectivity index (χ3n) is 4.73. The van der Waals surface area contributed by atoms with Crippen molar-refractivity contribution in [3.63, 3.8) is 0 Å². The van der Waals surface area contributed by atoms with Crippen LogP contribution >= 0.6 is 0 Å². The van der Waals surface area contributed by atoms with E-state index >= 15 is 0 Å². The number of rotatable bonds is 4. The van der Waals surface area contributed by atoms with Crippen LogP contribution in [0.4, 0.5) is 10.1 Å². The molecule has 6 nitrogen and oxygen atoms in total. The molecule has 2 fully saturated rings. The minimum Gasteiger partial charge on any atom is -0.466 e. The summed E-state index contributed by atoms with van der Waals surface area (Å²) >= 11 is 0. The quantitative estimate of drug-likeness (QED) is 0.612. The molecule has 0 spiro atoms. The van der Waals surface area contributed by atoms with Gasteiger partial charge in [0, 0.05) is 6.54 Å². The number of hydrogen-bond donors (Lipinski definition) is 0. The van der Waals surface area contributed by atoms with E-state index in [1.807, 2.05) is 4.90 Å². The fourth-order valence-electron chi connectivity index (χ4n) is 3.53. The number of benzene rings is 1. The van der Waals surface area contributed by atoms with E-state index in [2.05, 4.69) is 0 Å². The summed E-state index contributed by atoms with van der Waals surface area (Å²) in [6.07, 6.45) is 1.46. The summed E-state index contributed by atoms with van der Waals surface area (Å²) in [6.45, 7) is 3.08. The second-order valence-electron chi connectivity index (χ2n) is 6.32. The van der Waals surface area contributed by atoms with Crippen LogP contribution in [0.5, 0.6) is 0 Å². The number of amides is 2. The van der Waals surface area contributed by atoms with Crippen molar-refractivity contribution in [2.45, 2.75) is 32.2 Å². The number of anilines is 1. The van der Waals surface area contributed by atoms with Crippen LogP contribution < -0.4 is 4.90 Å². The number of nitrogens with zero attached hydrogens (tertiary/aromatic N) is 2. The Kier molecular flexibility index (Phi) is 5.13. The Morgan fingerprint density at radius 2 is 2.08 bits per heavy atom. The predicted octanol–water partition coefficient (Wildman–Crippen LogP) is 1.73. The number of imide groups is 1. The highest BCUT2D eigenvalue weighted by atomic mass is 19.1. The Bertz CT molecular complexity index is 693. The first-order chi connectivity index (χ1) is 12.0. The Morgan fingerprint density at radius 3 is 2.80 bits per heavy atom. The standard InChI is InChI=1S/C18H21FN2O4/c1-2-25-18(24)12-6-5-9-20(11-12)15-10-16(22)21(17(15)23)14-8-4-3-7-13(14)19/h3-4,7-8,12,15H,2,5-6,9-11H2,1H3/t12-,15+/m0/s1. The van der Waals surface area contributed by atoms with Gasteiger partial charge in [0.05, 0.1) is 30.7 Å². The molecule has 7 heteroatoms. The van der Waals surface area contributed by atoms with Gasteiger partial charge in [0.1, 0.15) is 5.82 Å². The van der Waals surface area contributed by atoms with Crippen LogP contribution in [0.3, 0.4) is 0 Å². The first-order valence-corrected chi connectivity index (χ1v) is 8.55. The summed E-state index contributed by atoms with van der Waals surface area (Å²) in [4.78, 5) is 39.8. The van der Waals surface area contributed by atoms with Gasteiger partial charge >= 0.3 is 5.97 Å². The maximum absolute atomic E-state index is 14.0. The van der Waals surface area contributed by atoms with E-state index in [0.29, 0.717) is 26.1 Å². The lowest BCUT2D eigenvalue weighted by molar-refractivity contribution is -0.150. The average Bonchev–Trinajstić information content (AvgIpc) is 2.90.